The standard InChI is InChI=1S/C20H14BrNO3/c21-15-11-14-5-1-2-7-17(14)18(12-15)20(25)22-16-6-3-4-13(10-16)8-9-19(23)24/h1-12H,(H,22,25)(H,23,24). The van der Waals surface area contributed by atoms with Crippen LogP contribution in [0.3, 0.4) is 0 Å². The highest BCUT2D eigenvalue weighted by molar-refractivity contribution is 9.10. The lowest BCUT2D eigenvalue weighted by Crippen LogP contribution is -2.12. The van der Waals surface area contributed by atoms with Crippen LogP contribution in [0.4, 0.5) is 5.69 Å². The summed E-state index contributed by atoms with van der Waals surface area (Å²) in [5.41, 5.74) is 1.86. The minimum atomic E-state index is -1.02. The van der Waals surface area contributed by atoms with Crippen molar-refractivity contribution < 1.29 is 14.7 Å². The molecule has 0 aliphatic carbocycles. The molecular weight excluding hydrogens is 382 g/mol. The van der Waals surface area contributed by atoms with Gasteiger partial charge < -0.3 is 10.4 Å². The molecule has 124 valence electrons. The number of carboxylic acids is 1. The first-order valence-electron chi connectivity index (χ1n) is 7.53. The van der Waals surface area contributed by atoms with E-state index in [4.69, 9.17) is 5.11 Å². The van der Waals surface area contributed by atoms with Crippen LogP contribution in [0.15, 0.2) is 71.2 Å². The Hall–Kier alpha value is -2.92. The number of hydrogen-bond donors (Lipinski definition) is 2. The Bertz CT molecular complexity index is 995. The predicted molar refractivity (Wildman–Crippen MR) is 103 cm³/mol. The number of rotatable bonds is 4. The number of hydrogen-bond acceptors (Lipinski definition) is 2. The van der Waals surface area contributed by atoms with Crippen LogP contribution < -0.4 is 5.32 Å². The monoisotopic (exact) mass is 395 g/mol. The SMILES string of the molecule is O=C(O)C=Cc1cccc(NC(=O)c2cc(Br)cc3ccccc23)c1. The van der Waals surface area contributed by atoms with Gasteiger partial charge in [0.2, 0.25) is 0 Å². The molecule has 2 N–H and O–H groups in total. The van der Waals surface area contributed by atoms with E-state index in [9.17, 15) is 9.59 Å². The summed E-state index contributed by atoms with van der Waals surface area (Å²) >= 11 is 3.44. The molecule has 0 saturated carbocycles. The molecule has 0 bridgehead atoms. The summed E-state index contributed by atoms with van der Waals surface area (Å²) in [6, 6.07) is 18.4. The molecule has 0 aliphatic heterocycles. The number of benzene rings is 3. The van der Waals surface area contributed by atoms with E-state index in [0.717, 1.165) is 21.3 Å². The maximum Gasteiger partial charge on any atom is 0.328 e. The van der Waals surface area contributed by atoms with Crippen molar-refractivity contribution in [3.8, 4) is 0 Å². The summed E-state index contributed by atoms with van der Waals surface area (Å²) < 4.78 is 0.828. The van der Waals surface area contributed by atoms with E-state index in [2.05, 4.69) is 21.2 Å². The second-order valence-corrected chi connectivity index (χ2v) is 6.34. The molecule has 5 heteroatoms. The number of carbonyl (C=O) groups is 2. The van der Waals surface area contributed by atoms with Crippen LogP contribution >= 0.6 is 15.9 Å². The second kappa shape index (κ2) is 7.32. The lowest BCUT2D eigenvalue weighted by molar-refractivity contribution is -0.131. The lowest BCUT2D eigenvalue weighted by Gasteiger charge is -2.09. The lowest BCUT2D eigenvalue weighted by atomic mass is 10.0. The van der Waals surface area contributed by atoms with Gasteiger partial charge in [0, 0.05) is 21.8 Å². The molecule has 0 spiro atoms. The van der Waals surface area contributed by atoms with Gasteiger partial charge in [-0.05, 0) is 46.7 Å². The fourth-order valence-corrected chi connectivity index (χ4v) is 3.02. The molecule has 0 saturated heterocycles. The molecular formula is C20H14BrNO3. The van der Waals surface area contributed by atoms with Gasteiger partial charge in [0.05, 0.1) is 0 Å². The minimum absolute atomic E-state index is 0.225. The van der Waals surface area contributed by atoms with E-state index >= 15 is 0 Å². The molecule has 0 unspecified atom stereocenters. The Balaban J connectivity index is 1.91. The Labute approximate surface area is 152 Å². The third kappa shape index (κ3) is 4.14. The molecule has 0 aliphatic rings. The molecule has 0 atom stereocenters. The maximum absolute atomic E-state index is 12.7. The van der Waals surface area contributed by atoms with Gasteiger partial charge >= 0.3 is 5.97 Å². The Morgan fingerprint density at radius 3 is 2.60 bits per heavy atom. The Morgan fingerprint density at radius 2 is 1.80 bits per heavy atom. The van der Waals surface area contributed by atoms with Crippen molar-refractivity contribution in [3.63, 3.8) is 0 Å². The third-order valence-corrected chi connectivity index (χ3v) is 4.09. The number of halogens is 1. The smallest absolute Gasteiger partial charge is 0.328 e. The minimum Gasteiger partial charge on any atom is -0.478 e. The molecule has 0 aromatic heterocycles. The molecule has 3 aromatic carbocycles. The van der Waals surface area contributed by atoms with E-state index in [-0.39, 0.29) is 5.91 Å². The average Bonchev–Trinajstić information content (AvgIpc) is 2.59. The van der Waals surface area contributed by atoms with Crippen LogP contribution in [0.1, 0.15) is 15.9 Å². The fraction of sp³-hybridized carbons (Fsp3) is 0. The van der Waals surface area contributed by atoms with Crippen molar-refractivity contribution in [2.45, 2.75) is 0 Å². The maximum atomic E-state index is 12.7. The van der Waals surface area contributed by atoms with Crippen molar-refractivity contribution in [2.75, 3.05) is 5.32 Å². The van der Waals surface area contributed by atoms with E-state index < -0.39 is 5.97 Å². The normalized spacial score (nSPS) is 10.9. The topological polar surface area (TPSA) is 66.4 Å². The molecule has 0 fully saturated rings. The van der Waals surface area contributed by atoms with Crippen LogP contribution in [0, 0.1) is 0 Å². The van der Waals surface area contributed by atoms with Crippen LogP contribution in [-0.2, 0) is 4.79 Å². The van der Waals surface area contributed by atoms with Crippen molar-refractivity contribution in [1.82, 2.24) is 0 Å². The van der Waals surface area contributed by atoms with E-state index in [1.165, 1.54) is 6.08 Å². The van der Waals surface area contributed by atoms with Crippen molar-refractivity contribution in [1.29, 1.82) is 0 Å². The van der Waals surface area contributed by atoms with Gasteiger partial charge in [-0.3, -0.25) is 4.79 Å². The number of anilines is 1. The van der Waals surface area contributed by atoms with Gasteiger partial charge in [0.15, 0.2) is 0 Å². The molecule has 25 heavy (non-hydrogen) atoms. The summed E-state index contributed by atoms with van der Waals surface area (Å²) in [6.45, 7) is 0. The van der Waals surface area contributed by atoms with Crippen molar-refractivity contribution in [2.24, 2.45) is 0 Å². The van der Waals surface area contributed by atoms with E-state index in [0.29, 0.717) is 16.8 Å². The number of nitrogens with one attached hydrogen (secondary N) is 1. The number of carboxylic acid groups (broad SMARTS) is 1. The third-order valence-electron chi connectivity index (χ3n) is 3.63. The summed E-state index contributed by atoms with van der Waals surface area (Å²) in [7, 11) is 0. The zero-order valence-corrected chi connectivity index (χ0v) is 14.7. The number of aliphatic carboxylic acids is 1. The van der Waals surface area contributed by atoms with Gasteiger partial charge in [0.25, 0.3) is 5.91 Å². The number of carbonyl (C=O) groups excluding carboxylic acids is 1. The molecule has 3 aromatic rings. The molecule has 4 nitrogen and oxygen atoms in total. The van der Waals surface area contributed by atoms with Crippen LogP contribution in [-0.4, -0.2) is 17.0 Å². The quantitative estimate of drug-likeness (QED) is 0.613. The number of fused-ring (bicyclic) bond motifs is 1. The Kier molecular flexibility index (Phi) is 4.95. The first-order valence-corrected chi connectivity index (χ1v) is 8.33. The van der Waals surface area contributed by atoms with Crippen molar-refractivity contribution in [3.05, 3.63) is 82.3 Å². The first kappa shape index (κ1) is 16.9. The highest BCUT2D eigenvalue weighted by atomic mass is 79.9. The largest absolute Gasteiger partial charge is 0.478 e. The summed E-state index contributed by atoms with van der Waals surface area (Å²) in [5, 5.41) is 13.4. The fourth-order valence-electron chi connectivity index (χ4n) is 2.55. The summed E-state index contributed by atoms with van der Waals surface area (Å²) in [6.07, 6.45) is 2.54. The molecule has 1 amide bonds. The number of amides is 1. The first-order chi connectivity index (χ1) is 12.0. The van der Waals surface area contributed by atoms with Crippen LogP contribution in [0.2, 0.25) is 0 Å². The van der Waals surface area contributed by atoms with E-state index in [1.54, 1.807) is 30.3 Å². The van der Waals surface area contributed by atoms with Gasteiger partial charge in [-0.1, -0.05) is 52.3 Å². The zero-order valence-electron chi connectivity index (χ0n) is 13.1. The highest BCUT2D eigenvalue weighted by Crippen LogP contribution is 2.25. The van der Waals surface area contributed by atoms with E-state index in [1.807, 2.05) is 30.3 Å². The van der Waals surface area contributed by atoms with Crippen LogP contribution in [0.25, 0.3) is 16.8 Å². The average molecular weight is 396 g/mol. The molecule has 0 radical (unpaired) electrons. The summed E-state index contributed by atoms with van der Waals surface area (Å²) in [4.78, 5) is 23.3. The highest BCUT2D eigenvalue weighted by Gasteiger charge is 2.11. The van der Waals surface area contributed by atoms with Crippen molar-refractivity contribution >= 4 is 50.3 Å². The molecule has 3 rings (SSSR count). The van der Waals surface area contributed by atoms with Gasteiger partial charge in [0.1, 0.15) is 0 Å². The Morgan fingerprint density at radius 1 is 1.00 bits per heavy atom. The van der Waals surface area contributed by atoms with Gasteiger partial charge in [-0.2, -0.15) is 0 Å². The van der Waals surface area contributed by atoms with Crippen LogP contribution in [0.5, 0.6) is 0 Å². The molecule has 0 heterocycles. The second-order valence-electron chi connectivity index (χ2n) is 5.43. The predicted octanol–water partition coefficient (Wildman–Crippen LogP) is 4.95. The van der Waals surface area contributed by atoms with Gasteiger partial charge in [-0.15, -0.1) is 0 Å². The zero-order chi connectivity index (χ0) is 17.8. The summed E-state index contributed by atoms with van der Waals surface area (Å²) in [5.74, 6) is -1.24. The van der Waals surface area contributed by atoms with Gasteiger partial charge in [-0.25, -0.2) is 4.79 Å².